The Bertz CT molecular complexity index is 947. The van der Waals surface area contributed by atoms with Gasteiger partial charge in [-0.05, 0) is 49.7 Å². The Kier molecular flexibility index (Phi) is 6.95. The van der Waals surface area contributed by atoms with Gasteiger partial charge in [0.15, 0.2) is 11.0 Å². The average molecular weight is 417 g/mol. The molecule has 0 aliphatic rings. The maximum absolute atomic E-state index is 12.1. The lowest BCUT2D eigenvalue weighted by molar-refractivity contribution is -0.113. The topological polar surface area (TPSA) is 69.0 Å². The summed E-state index contributed by atoms with van der Waals surface area (Å²) in [6.45, 7) is 4.93. The fraction of sp³-hybridized carbons (Fsp3) is 0.250. The molecule has 2 aromatic carbocycles. The Morgan fingerprint density at radius 1 is 1.21 bits per heavy atom. The number of anilines is 1. The van der Waals surface area contributed by atoms with Crippen LogP contribution in [0.25, 0.3) is 0 Å². The summed E-state index contributed by atoms with van der Waals surface area (Å²) in [5.74, 6) is 1.63. The van der Waals surface area contributed by atoms with E-state index in [1.807, 2.05) is 60.9 Å². The van der Waals surface area contributed by atoms with E-state index in [0.717, 1.165) is 17.0 Å². The van der Waals surface area contributed by atoms with E-state index >= 15 is 0 Å². The highest BCUT2D eigenvalue weighted by molar-refractivity contribution is 7.99. The molecule has 0 atom stereocenters. The number of nitrogens with zero attached hydrogens (tertiary/aromatic N) is 3. The van der Waals surface area contributed by atoms with E-state index in [-0.39, 0.29) is 11.7 Å². The van der Waals surface area contributed by atoms with Crippen molar-refractivity contribution >= 4 is 35.0 Å². The molecule has 0 fully saturated rings. The van der Waals surface area contributed by atoms with Crippen molar-refractivity contribution in [3.63, 3.8) is 0 Å². The van der Waals surface area contributed by atoms with Gasteiger partial charge in [0.05, 0.1) is 5.75 Å². The summed E-state index contributed by atoms with van der Waals surface area (Å²) < 4.78 is 7.82. The van der Waals surface area contributed by atoms with Crippen molar-refractivity contribution in [2.24, 2.45) is 0 Å². The minimum Gasteiger partial charge on any atom is -0.485 e. The van der Waals surface area contributed by atoms with Gasteiger partial charge in [0.25, 0.3) is 0 Å². The Morgan fingerprint density at radius 2 is 2.00 bits per heavy atom. The van der Waals surface area contributed by atoms with Gasteiger partial charge in [0.2, 0.25) is 5.91 Å². The number of carbonyl (C=O) groups excluding carboxylic acids is 1. The summed E-state index contributed by atoms with van der Waals surface area (Å²) in [4.78, 5) is 12.1. The molecule has 1 heterocycles. The number of ether oxygens (including phenoxy) is 1. The van der Waals surface area contributed by atoms with Crippen LogP contribution in [-0.4, -0.2) is 26.4 Å². The molecule has 6 nitrogen and oxygen atoms in total. The van der Waals surface area contributed by atoms with Crippen LogP contribution in [0, 0.1) is 6.92 Å². The number of amides is 1. The Balaban J connectivity index is 1.59. The van der Waals surface area contributed by atoms with Crippen LogP contribution in [0.4, 0.5) is 5.69 Å². The van der Waals surface area contributed by atoms with Crippen LogP contribution in [0.15, 0.2) is 53.7 Å². The van der Waals surface area contributed by atoms with Gasteiger partial charge in [-0.15, -0.1) is 10.2 Å². The van der Waals surface area contributed by atoms with E-state index in [1.165, 1.54) is 11.8 Å². The molecule has 1 N–H and O–H groups in total. The molecule has 3 rings (SSSR count). The Morgan fingerprint density at radius 3 is 2.71 bits per heavy atom. The van der Waals surface area contributed by atoms with Crippen molar-refractivity contribution in [1.29, 1.82) is 0 Å². The molecule has 0 radical (unpaired) electrons. The molecule has 146 valence electrons. The zero-order chi connectivity index (χ0) is 19.9. The van der Waals surface area contributed by atoms with Crippen molar-refractivity contribution in [3.8, 4) is 5.75 Å². The molecule has 0 unspecified atom stereocenters. The number of aromatic nitrogens is 3. The number of halogens is 1. The molecular weight excluding hydrogens is 396 g/mol. The van der Waals surface area contributed by atoms with Crippen LogP contribution < -0.4 is 10.1 Å². The van der Waals surface area contributed by atoms with Gasteiger partial charge in [0, 0.05) is 17.3 Å². The number of para-hydroxylation sites is 1. The van der Waals surface area contributed by atoms with E-state index in [9.17, 15) is 4.79 Å². The molecule has 3 aromatic rings. The number of thioether (sulfide) groups is 1. The number of carbonyl (C=O) groups is 1. The summed E-state index contributed by atoms with van der Waals surface area (Å²) in [6.07, 6.45) is 0. The lowest BCUT2D eigenvalue weighted by Crippen LogP contribution is -2.14. The van der Waals surface area contributed by atoms with Crippen molar-refractivity contribution in [2.45, 2.75) is 32.2 Å². The maximum atomic E-state index is 12.1. The van der Waals surface area contributed by atoms with Gasteiger partial charge in [-0.2, -0.15) is 0 Å². The summed E-state index contributed by atoms with van der Waals surface area (Å²) >= 11 is 7.33. The first-order valence-electron chi connectivity index (χ1n) is 8.85. The summed E-state index contributed by atoms with van der Waals surface area (Å²) in [6, 6.07) is 14.9. The third-order valence-electron chi connectivity index (χ3n) is 3.99. The summed E-state index contributed by atoms with van der Waals surface area (Å²) in [5, 5.41) is 12.7. The van der Waals surface area contributed by atoms with Crippen molar-refractivity contribution in [2.75, 3.05) is 11.1 Å². The number of hydrogen-bond acceptors (Lipinski definition) is 5. The minimum atomic E-state index is -0.0866. The summed E-state index contributed by atoms with van der Waals surface area (Å²) in [5.41, 5.74) is 1.74. The van der Waals surface area contributed by atoms with E-state index in [0.29, 0.717) is 29.2 Å². The third-order valence-corrected chi connectivity index (χ3v) is 5.20. The van der Waals surface area contributed by atoms with Gasteiger partial charge in [-0.3, -0.25) is 4.79 Å². The van der Waals surface area contributed by atoms with Gasteiger partial charge in [-0.1, -0.05) is 41.6 Å². The fourth-order valence-corrected chi connectivity index (χ4v) is 3.66. The second-order valence-corrected chi connectivity index (χ2v) is 7.42. The van der Waals surface area contributed by atoms with E-state index in [2.05, 4.69) is 15.5 Å². The van der Waals surface area contributed by atoms with E-state index in [4.69, 9.17) is 16.3 Å². The van der Waals surface area contributed by atoms with Crippen molar-refractivity contribution in [1.82, 2.24) is 14.8 Å². The highest BCUT2D eigenvalue weighted by Gasteiger charge is 2.14. The molecule has 0 aliphatic carbocycles. The Labute approximate surface area is 173 Å². The SMILES string of the molecule is CCn1c(COc2ccc(Cl)cc2C)nnc1SCC(=O)Nc1ccccc1. The average Bonchev–Trinajstić information content (AvgIpc) is 3.08. The number of rotatable bonds is 8. The van der Waals surface area contributed by atoms with Crippen LogP contribution in [0.3, 0.4) is 0 Å². The standard InChI is InChI=1S/C20H21ClN4O2S/c1-3-25-18(12-27-17-10-9-15(21)11-14(17)2)23-24-20(25)28-13-19(26)22-16-7-5-4-6-8-16/h4-11H,3,12-13H2,1-2H3,(H,22,26). The number of nitrogens with one attached hydrogen (secondary N) is 1. The second-order valence-electron chi connectivity index (χ2n) is 6.04. The third kappa shape index (κ3) is 5.27. The highest BCUT2D eigenvalue weighted by Crippen LogP contribution is 2.23. The molecular formula is C20H21ClN4O2S. The number of benzene rings is 2. The highest BCUT2D eigenvalue weighted by atomic mass is 35.5. The van der Waals surface area contributed by atoms with Crippen LogP contribution in [0.1, 0.15) is 18.3 Å². The smallest absolute Gasteiger partial charge is 0.234 e. The zero-order valence-corrected chi connectivity index (χ0v) is 17.3. The first-order valence-corrected chi connectivity index (χ1v) is 10.2. The number of hydrogen-bond donors (Lipinski definition) is 1. The van der Waals surface area contributed by atoms with Crippen LogP contribution >= 0.6 is 23.4 Å². The molecule has 0 spiro atoms. The predicted molar refractivity (Wildman–Crippen MR) is 112 cm³/mol. The van der Waals surface area contributed by atoms with Crippen molar-refractivity contribution < 1.29 is 9.53 Å². The lowest BCUT2D eigenvalue weighted by Gasteiger charge is -2.11. The zero-order valence-electron chi connectivity index (χ0n) is 15.7. The maximum Gasteiger partial charge on any atom is 0.234 e. The van der Waals surface area contributed by atoms with Crippen molar-refractivity contribution in [3.05, 3.63) is 64.9 Å². The van der Waals surface area contributed by atoms with Gasteiger partial charge in [0.1, 0.15) is 12.4 Å². The number of aryl methyl sites for hydroxylation is 1. The quantitative estimate of drug-likeness (QED) is 0.545. The molecule has 1 aromatic heterocycles. The molecule has 0 bridgehead atoms. The second kappa shape index (κ2) is 9.61. The van der Waals surface area contributed by atoms with Crippen LogP contribution in [0.5, 0.6) is 5.75 Å². The Hall–Kier alpha value is -2.51. The largest absolute Gasteiger partial charge is 0.485 e. The predicted octanol–water partition coefficient (Wildman–Crippen LogP) is 4.57. The molecule has 0 saturated carbocycles. The van der Waals surface area contributed by atoms with Gasteiger partial charge in [-0.25, -0.2) is 0 Å². The van der Waals surface area contributed by atoms with Crippen LogP contribution in [0.2, 0.25) is 5.02 Å². The molecule has 0 aliphatic heterocycles. The monoisotopic (exact) mass is 416 g/mol. The van der Waals surface area contributed by atoms with Gasteiger partial charge >= 0.3 is 0 Å². The first-order chi connectivity index (χ1) is 13.6. The molecule has 1 amide bonds. The van der Waals surface area contributed by atoms with Gasteiger partial charge < -0.3 is 14.6 Å². The molecule has 0 saturated heterocycles. The minimum absolute atomic E-state index is 0.0866. The van der Waals surface area contributed by atoms with E-state index in [1.54, 1.807) is 6.07 Å². The molecule has 28 heavy (non-hydrogen) atoms. The lowest BCUT2D eigenvalue weighted by atomic mass is 10.2. The molecule has 8 heteroatoms. The van der Waals surface area contributed by atoms with E-state index < -0.39 is 0 Å². The first kappa shape index (κ1) is 20.2. The normalized spacial score (nSPS) is 10.7. The van der Waals surface area contributed by atoms with Crippen LogP contribution in [-0.2, 0) is 17.9 Å². The fourth-order valence-electron chi connectivity index (χ4n) is 2.62. The summed E-state index contributed by atoms with van der Waals surface area (Å²) in [7, 11) is 0.